The molecular formula is C20H19N. The van der Waals surface area contributed by atoms with Crippen LogP contribution in [0.3, 0.4) is 0 Å². The van der Waals surface area contributed by atoms with Gasteiger partial charge in [-0.3, -0.25) is 0 Å². The molecule has 0 fully saturated rings. The molecule has 0 amide bonds. The maximum absolute atomic E-state index is 2.49. The lowest BCUT2D eigenvalue weighted by Gasteiger charge is -2.42. The van der Waals surface area contributed by atoms with Crippen molar-refractivity contribution in [2.45, 2.75) is 19.4 Å². The van der Waals surface area contributed by atoms with E-state index in [2.05, 4.69) is 84.7 Å². The lowest BCUT2D eigenvalue weighted by atomic mass is 9.83. The summed E-state index contributed by atoms with van der Waals surface area (Å²) in [6, 6.07) is 18.1. The van der Waals surface area contributed by atoms with E-state index in [0.717, 1.165) is 6.42 Å². The van der Waals surface area contributed by atoms with E-state index < -0.39 is 0 Å². The molecule has 2 atom stereocenters. The highest BCUT2D eigenvalue weighted by atomic mass is 15.2. The van der Waals surface area contributed by atoms with Crippen LogP contribution in [0.4, 0.5) is 11.4 Å². The van der Waals surface area contributed by atoms with E-state index in [9.17, 15) is 0 Å². The van der Waals surface area contributed by atoms with Crippen LogP contribution in [0.15, 0.2) is 72.8 Å². The standard InChI is InChI=1S/C20H19N/c1-15-10-12-18(13-11-15)21-19-8-4-2-6-16(19)14-17-7-3-5-9-20(17)21/h2-13,16,19H,14H2,1H3. The molecule has 0 spiro atoms. The van der Waals surface area contributed by atoms with Crippen LogP contribution in [0.2, 0.25) is 0 Å². The number of allylic oxidation sites excluding steroid dienone is 2. The third-order valence-electron chi connectivity index (χ3n) is 4.53. The van der Waals surface area contributed by atoms with Gasteiger partial charge in [-0.2, -0.15) is 0 Å². The van der Waals surface area contributed by atoms with Crippen molar-refractivity contribution in [2.24, 2.45) is 5.92 Å². The normalized spacial score (nSPS) is 22.8. The summed E-state index contributed by atoms with van der Waals surface area (Å²) in [6.45, 7) is 2.14. The summed E-state index contributed by atoms with van der Waals surface area (Å²) in [5, 5.41) is 0. The topological polar surface area (TPSA) is 3.24 Å². The Morgan fingerprint density at radius 2 is 1.67 bits per heavy atom. The van der Waals surface area contributed by atoms with Crippen molar-refractivity contribution in [1.82, 2.24) is 0 Å². The molecule has 2 unspecified atom stereocenters. The first-order valence-electron chi connectivity index (χ1n) is 7.62. The number of nitrogens with zero attached hydrogens (tertiary/aromatic N) is 1. The van der Waals surface area contributed by atoms with E-state index in [4.69, 9.17) is 0 Å². The first-order chi connectivity index (χ1) is 10.3. The first-order valence-corrected chi connectivity index (χ1v) is 7.62. The third-order valence-corrected chi connectivity index (χ3v) is 4.53. The molecule has 1 aliphatic heterocycles. The Hall–Kier alpha value is -2.28. The Bertz CT molecular complexity index is 709. The average Bonchev–Trinajstić information content (AvgIpc) is 2.53. The third kappa shape index (κ3) is 2.09. The largest absolute Gasteiger partial charge is 0.334 e. The lowest BCUT2D eigenvalue weighted by Crippen LogP contribution is -2.41. The second-order valence-electron chi connectivity index (χ2n) is 5.96. The highest BCUT2D eigenvalue weighted by molar-refractivity contribution is 5.70. The van der Waals surface area contributed by atoms with Crippen molar-refractivity contribution in [2.75, 3.05) is 4.90 Å². The molecule has 0 N–H and O–H groups in total. The van der Waals surface area contributed by atoms with E-state index in [0.29, 0.717) is 12.0 Å². The van der Waals surface area contributed by atoms with Crippen LogP contribution in [-0.4, -0.2) is 6.04 Å². The summed E-state index contributed by atoms with van der Waals surface area (Å²) in [6.07, 6.45) is 10.2. The van der Waals surface area contributed by atoms with Crippen LogP contribution >= 0.6 is 0 Å². The minimum Gasteiger partial charge on any atom is -0.334 e. The minimum atomic E-state index is 0.424. The summed E-state index contributed by atoms with van der Waals surface area (Å²) in [5.41, 5.74) is 5.38. The maximum atomic E-state index is 2.49. The van der Waals surface area contributed by atoms with Gasteiger partial charge in [-0.15, -0.1) is 0 Å². The van der Waals surface area contributed by atoms with Gasteiger partial charge in [0, 0.05) is 17.3 Å². The van der Waals surface area contributed by atoms with E-state index >= 15 is 0 Å². The fourth-order valence-electron chi connectivity index (χ4n) is 3.46. The quantitative estimate of drug-likeness (QED) is 0.721. The van der Waals surface area contributed by atoms with Crippen molar-refractivity contribution in [1.29, 1.82) is 0 Å². The summed E-state index contributed by atoms with van der Waals surface area (Å²) >= 11 is 0. The van der Waals surface area contributed by atoms with Crippen molar-refractivity contribution >= 4 is 11.4 Å². The van der Waals surface area contributed by atoms with E-state index in [1.165, 1.54) is 22.5 Å². The minimum absolute atomic E-state index is 0.424. The van der Waals surface area contributed by atoms with E-state index in [-0.39, 0.29) is 0 Å². The van der Waals surface area contributed by atoms with Gasteiger partial charge >= 0.3 is 0 Å². The second kappa shape index (κ2) is 4.92. The number of hydrogen-bond donors (Lipinski definition) is 0. The van der Waals surface area contributed by atoms with Gasteiger partial charge in [-0.25, -0.2) is 0 Å². The Morgan fingerprint density at radius 3 is 2.52 bits per heavy atom. The zero-order chi connectivity index (χ0) is 14.2. The summed E-state index contributed by atoms with van der Waals surface area (Å²) < 4.78 is 0. The van der Waals surface area contributed by atoms with Gasteiger partial charge in [0.1, 0.15) is 0 Å². The van der Waals surface area contributed by atoms with Crippen LogP contribution in [0.25, 0.3) is 0 Å². The van der Waals surface area contributed by atoms with Gasteiger partial charge in [0.15, 0.2) is 0 Å². The number of aryl methyl sites for hydroxylation is 1. The number of para-hydroxylation sites is 1. The highest BCUT2D eigenvalue weighted by Gasteiger charge is 2.32. The van der Waals surface area contributed by atoms with Crippen LogP contribution in [0, 0.1) is 12.8 Å². The highest BCUT2D eigenvalue weighted by Crippen LogP contribution is 2.41. The van der Waals surface area contributed by atoms with Gasteiger partial charge in [-0.05, 0) is 37.1 Å². The first kappa shape index (κ1) is 12.5. The number of hydrogen-bond acceptors (Lipinski definition) is 1. The molecule has 0 aromatic heterocycles. The second-order valence-corrected chi connectivity index (χ2v) is 5.96. The predicted molar refractivity (Wildman–Crippen MR) is 89.0 cm³/mol. The van der Waals surface area contributed by atoms with Gasteiger partial charge in [0.2, 0.25) is 0 Å². The van der Waals surface area contributed by atoms with Gasteiger partial charge < -0.3 is 4.90 Å². The average molecular weight is 273 g/mol. The predicted octanol–water partition coefficient (Wildman–Crippen LogP) is 4.80. The van der Waals surface area contributed by atoms with Crippen molar-refractivity contribution in [3.8, 4) is 0 Å². The fourth-order valence-corrected chi connectivity index (χ4v) is 3.46. The molecule has 0 bridgehead atoms. The molecule has 0 saturated heterocycles. The molecule has 1 aliphatic carbocycles. The molecule has 0 saturated carbocycles. The maximum Gasteiger partial charge on any atom is 0.0591 e. The molecule has 21 heavy (non-hydrogen) atoms. The zero-order valence-corrected chi connectivity index (χ0v) is 12.2. The molecule has 1 heteroatoms. The van der Waals surface area contributed by atoms with Gasteiger partial charge in [0.05, 0.1) is 6.04 Å². The number of anilines is 2. The Labute approximate surface area is 126 Å². The fraction of sp³-hybridized carbons (Fsp3) is 0.200. The lowest BCUT2D eigenvalue weighted by molar-refractivity contribution is 0.533. The van der Waals surface area contributed by atoms with E-state index in [1.54, 1.807) is 0 Å². The van der Waals surface area contributed by atoms with E-state index in [1.807, 2.05) is 0 Å². The van der Waals surface area contributed by atoms with Crippen LogP contribution in [0.5, 0.6) is 0 Å². The van der Waals surface area contributed by atoms with Crippen LogP contribution in [0.1, 0.15) is 11.1 Å². The smallest absolute Gasteiger partial charge is 0.0591 e. The molecular weight excluding hydrogens is 254 g/mol. The van der Waals surface area contributed by atoms with Crippen LogP contribution < -0.4 is 4.90 Å². The molecule has 1 nitrogen and oxygen atoms in total. The molecule has 2 aromatic carbocycles. The van der Waals surface area contributed by atoms with Gasteiger partial charge in [0.25, 0.3) is 0 Å². The summed E-state index contributed by atoms with van der Waals surface area (Å²) in [4.78, 5) is 2.49. The molecule has 1 heterocycles. The molecule has 104 valence electrons. The zero-order valence-electron chi connectivity index (χ0n) is 12.2. The van der Waals surface area contributed by atoms with Crippen molar-refractivity contribution in [3.63, 3.8) is 0 Å². The molecule has 2 aliphatic rings. The van der Waals surface area contributed by atoms with Crippen molar-refractivity contribution in [3.05, 3.63) is 84.0 Å². The Morgan fingerprint density at radius 1 is 0.905 bits per heavy atom. The van der Waals surface area contributed by atoms with Crippen molar-refractivity contribution < 1.29 is 0 Å². The molecule has 2 aromatic rings. The number of rotatable bonds is 1. The molecule has 0 radical (unpaired) electrons. The monoisotopic (exact) mass is 273 g/mol. The van der Waals surface area contributed by atoms with Gasteiger partial charge in [-0.1, -0.05) is 60.2 Å². The van der Waals surface area contributed by atoms with Crippen LogP contribution in [-0.2, 0) is 6.42 Å². The Kier molecular flexibility index (Phi) is 2.92. The Balaban J connectivity index is 1.87. The SMILES string of the molecule is Cc1ccc(N2c3ccccc3CC3C=CC=CC32)cc1. The molecule has 4 rings (SSSR count). The number of benzene rings is 2. The number of fused-ring (bicyclic) bond motifs is 2. The summed E-state index contributed by atoms with van der Waals surface area (Å²) in [5.74, 6) is 0.561. The summed E-state index contributed by atoms with van der Waals surface area (Å²) in [7, 11) is 0.